The molecule has 3 aliphatic carbocycles. The van der Waals surface area contributed by atoms with E-state index in [2.05, 4.69) is 16.8 Å². The fourth-order valence-electron chi connectivity index (χ4n) is 4.99. The van der Waals surface area contributed by atoms with Gasteiger partial charge in [-0.15, -0.1) is 0 Å². The van der Waals surface area contributed by atoms with Crippen LogP contribution in [0.2, 0.25) is 5.02 Å². The fourth-order valence-corrected chi connectivity index (χ4v) is 5.26. The van der Waals surface area contributed by atoms with Gasteiger partial charge in [0, 0.05) is 29.7 Å². The monoisotopic (exact) mass is 358 g/mol. The minimum Gasteiger partial charge on any atom is -0.351 e. The first-order valence-electron chi connectivity index (χ1n) is 9.58. The summed E-state index contributed by atoms with van der Waals surface area (Å²) in [6, 6.07) is 3.91. The quantitative estimate of drug-likeness (QED) is 0.788. The van der Waals surface area contributed by atoms with Gasteiger partial charge in [0.1, 0.15) is 0 Å². The molecule has 2 bridgehead atoms. The second-order valence-corrected chi connectivity index (χ2v) is 8.55. The number of hydrogen-bond donors (Lipinski definition) is 1. The molecular weight excluding hydrogens is 332 g/mol. The van der Waals surface area contributed by atoms with Crippen LogP contribution in [0.4, 0.5) is 0 Å². The van der Waals surface area contributed by atoms with Gasteiger partial charge in [0.25, 0.3) is 5.91 Å². The third-order valence-electron chi connectivity index (χ3n) is 6.60. The Morgan fingerprint density at radius 2 is 1.96 bits per heavy atom. The van der Waals surface area contributed by atoms with E-state index >= 15 is 0 Å². The van der Waals surface area contributed by atoms with E-state index in [1.54, 1.807) is 0 Å². The summed E-state index contributed by atoms with van der Waals surface area (Å²) in [4.78, 5) is 13.0. The smallest absolute Gasteiger partial charge is 0.253 e. The van der Waals surface area contributed by atoms with Crippen molar-refractivity contribution in [3.63, 3.8) is 0 Å². The van der Waals surface area contributed by atoms with Crippen molar-refractivity contribution in [3.05, 3.63) is 34.5 Å². The fraction of sp³-hybridized carbons (Fsp3) is 0.571. The molecule has 3 aliphatic rings. The molecule has 3 saturated carbocycles. The van der Waals surface area contributed by atoms with Gasteiger partial charge in [-0.1, -0.05) is 11.6 Å². The number of rotatable bonds is 4. The molecule has 0 atom stereocenters. The molecule has 25 heavy (non-hydrogen) atoms. The maximum atomic E-state index is 13.0. The number of benzene rings is 1. The number of amides is 1. The van der Waals surface area contributed by atoms with Gasteiger partial charge in [-0.2, -0.15) is 0 Å². The van der Waals surface area contributed by atoms with Crippen LogP contribution in [0.3, 0.4) is 0 Å². The summed E-state index contributed by atoms with van der Waals surface area (Å²) in [5.41, 5.74) is 3.25. The molecule has 0 aliphatic heterocycles. The van der Waals surface area contributed by atoms with E-state index in [0.717, 1.165) is 46.1 Å². The molecule has 1 amide bonds. The Labute approximate surface area is 154 Å². The van der Waals surface area contributed by atoms with Crippen molar-refractivity contribution in [2.75, 3.05) is 6.54 Å². The standard InChI is InChI=1S/C21H27ClN2O/c1-3-24-12-17(19-14(2)10-16(22)11-18(19)24)20(25)23-13-21-7-4-15(5-8-21)6-9-21/h10-12,15H,3-9,13H2,1-2H3,(H,23,25). The lowest BCUT2D eigenvalue weighted by atomic mass is 9.61. The number of hydrogen-bond acceptors (Lipinski definition) is 1. The van der Waals surface area contributed by atoms with Crippen molar-refractivity contribution < 1.29 is 4.79 Å². The summed E-state index contributed by atoms with van der Waals surface area (Å²) in [7, 11) is 0. The normalized spacial score (nSPS) is 25.5. The van der Waals surface area contributed by atoms with Crippen LogP contribution in [0.5, 0.6) is 0 Å². The molecular formula is C21H27ClN2O. The second kappa shape index (κ2) is 6.35. The first-order chi connectivity index (χ1) is 12.0. The Morgan fingerprint density at radius 1 is 1.28 bits per heavy atom. The maximum absolute atomic E-state index is 13.0. The van der Waals surface area contributed by atoms with Crippen molar-refractivity contribution in [1.82, 2.24) is 9.88 Å². The molecule has 3 fully saturated rings. The van der Waals surface area contributed by atoms with E-state index in [0.29, 0.717) is 5.41 Å². The number of carbonyl (C=O) groups is 1. The lowest BCUT2D eigenvalue weighted by Gasteiger charge is -2.46. The van der Waals surface area contributed by atoms with E-state index in [1.807, 2.05) is 25.3 Å². The van der Waals surface area contributed by atoms with Crippen LogP contribution in [-0.4, -0.2) is 17.0 Å². The Bertz CT molecular complexity index is 801. The van der Waals surface area contributed by atoms with Crippen molar-refractivity contribution in [2.45, 2.75) is 58.9 Å². The molecule has 0 unspecified atom stereocenters. The van der Waals surface area contributed by atoms with Crippen LogP contribution in [0.15, 0.2) is 18.3 Å². The largest absolute Gasteiger partial charge is 0.351 e. The van der Waals surface area contributed by atoms with Crippen molar-refractivity contribution in [2.24, 2.45) is 11.3 Å². The first-order valence-corrected chi connectivity index (χ1v) is 9.96. The summed E-state index contributed by atoms with van der Waals surface area (Å²) >= 11 is 6.23. The molecule has 1 aromatic heterocycles. The number of aryl methyl sites for hydroxylation is 2. The molecule has 0 saturated heterocycles. The Kier molecular flexibility index (Phi) is 4.31. The van der Waals surface area contributed by atoms with Crippen molar-refractivity contribution >= 4 is 28.4 Å². The summed E-state index contributed by atoms with van der Waals surface area (Å²) < 4.78 is 2.12. The van der Waals surface area contributed by atoms with Gasteiger partial charge in [0.05, 0.1) is 11.1 Å². The van der Waals surface area contributed by atoms with Gasteiger partial charge in [0.15, 0.2) is 0 Å². The number of halogens is 1. The highest BCUT2D eigenvalue weighted by Gasteiger charge is 2.40. The van der Waals surface area contributed by atoms with Gasteiger partial charge >= 0.3 is 0 Å². The molecule has 0 radical (unpaired) electrons. The third-order valence-corrected chi connectivity index (χ3v) is 6.82. The van der Waals surface area contributed by atoms with Crippen LogP contribution in [0.25, 0.3) is 10.9 Å². The highest BCUT2D eigenvalue weighted by molar-refractivity contribution is 6.31. The number of nitrogens with zero attached hydrogens (tertiary/aromatic N) is 1. The Balaban J connectivity index is 1.60. The number of nitrogens with one attached hydrogen (secondary N) is 1. The van der Waals surface area contributed by atoms with Crippen LogP contribution in [0, 0.1) is 18.3 Å². The minimum atomic E-state index is 0.0599. The Hall–Kier alpha value is -1.48. The summed E-state index contributed by atoms with van der Waals surface area (Å²) in [6.45, 7) is 5.78. The molecule has 3 nitrogen and oxygen atoms in total. The lowest BCUT2D eigenvalue weighted by molar-refractivity contribution is 0.0598. The predicted molar refractivity (Wildman–Crippen MR) is 103 cm³/mol. The number of aromatic nitrogens is 1. The van der Waals surface area contributed by atoms with Crippen molar-refractivity contribution in [1.29, 1.82) is 0 Å². The lowest BCUT2D eigenvalue weighted by Crippen LogP contribution is -2.43. The highest BCUT2D eigenvalue weighted by Crippen LogP contribution is 2.49. The molecule has 4 heteroatoms. The SMILES string of the molecule is CCn1cc(C(=O)NCC23CCC(CC2)CC3)c2c(C)cc(Cl)cc21. The van der Waals surface area contributed by atoms with E-state index in [4.69, 9.17) is 11.6 Å². The van der Waals surface area contributed by atoms with Crippen LogP contribution in [0.1, 0.15) is 61.4 Å². The molecule has 1 N–H and O–H groups in total. The highest BCUT2D eigenvalue weighted by atomic mass is 35.5. The summed E-state index contributed by atoms with van der Waals surface area (Å²) in [5, 5.41) is 5.03. The van der Waals surface area contributed by atoms with Crippen LogP contribution in [-0.2, 0) is 6.54 Å². The minimum absolute atomic E-state index is 0.0599. The molecule has 2 aromatic rings. The number of carbonyl (C=O) groups excluding carboxylic acids is 1. The van der Waals surface area contributed by atoms with E-state index in [1.165, 1.54) is 38.5 Å². The first kappa shape index (κ1) is 17.0. The van der Waals surface area contributed by atoms with Gasteiger partial charge < -0.3 is 9.88 Å². The van der Waals surface area contributed by atoms with E-state index in [9.17, 15) is 4.79 Å². The molecule has 0 spiro atoms. The van der Waals surface area contributed by atoms with Gasteiger partial charge in [-0.3, -0.25) is 4.79 Å². The Morgan fingerprint density at radius 3 is 2.60 bits per heavy atom. The zero-order valence-corrected chi connectivity index (χ0v) is 16.0. The molecule has 1 heterocycles. The van der Waals surface area contributed by atoms with E-state index < -0.39 is 0 Å². The number of fused-ring (bicyclic) bond motifs is 4. The summed E-state index contributed by atoms with van der Waals surface area (Å²) in [5.74, 6) is 1.01. The summed E-state index contributed by atoms with van der Waals surface area (Å²) in [6.07, 6.45) is 9.88. The zero-order valence-electron chi connectivity index (χ0n) is 15.2. The van der Waals surface area contributed by atoms with E-state index in [-0.39, 0.29) is 5.91 Å². The van der Waals surface area contributed by atoms with Gasteiger partial charge in [-0.25, -0.2) is 0 Å². The second-order valence-electron chi connectivity index (χ2n) is 8.11. The van der Waals surface area contributed by atoms with Crippen LogP contribution >= 0.6 is 11.6 Å². The van der Waals surface area contributed by atoms with Crippen molar-refractivity contribution in [3.8, 4) is 0 Å². The third kappa shape index (κ3) is 2.97. The van der Waals surface area contributed by atoms with Crippen LogP contribution < -0.4 is 5.32 Å². The molecule has 5 rings (SSSR count). The average Bonchev–Trinajstić information content (AvgIpc) is 3.00. The van der Waals surface area contributed by atoms with Gasteiger partial charge in [-0.05, 0) is 81.4 Å². The topological polar surface area (TPSA) is 34.0 Å². The zero-order chi connectivity index (χ0) is 17.6. The predicted octanol–water partition coefficient (Wildman–Crippen LogP) is 5.32. The molecule has 134 valence electrons. The average molecular weight is 359 g/mol. The maximum Gasteiger partial charge on any atom is 0.253 e. The van der Waals surface area contributed by atoms with Gasteiger partial charge in [0.2, 0.25) is 0 Å². The molecule has 1 aromatic carbocycles.